The molecular weight excluding hydrogens is 338 g/mol. The minimum absolute atomic E-state index is 0.0946. The molecule has 126 valence electrons. The van der Waals surface area contributed by atoms with Gasteiger partial charge in [0.2, 0.25) is 5.89 Å². The predicted molar refractivity (Wildman–Crippen MR) is 87.2 cm³/mol. The van der Waals surface area contributed by atoms with Crippen LogP contribution in [0.15, 0.2) is 28.2 Å². The third-order valence-corrected chi connectivity index (χ3v) is 5.79. The van der Waals surface area contributed by atoms with Crippen molar-refractivity contribution in [2.24, 2.45) is 0 Å². The molecule has 3 heterocycles. The van der Waals surface area contributed by atoms with Crippen molar-refractivity contribution in [1.82, 2.24) is 14.0 Å². The summed E-state index contributed by atoms with van der Waals surface area (Å²) < 4.78 is 39.7. The van der Waals surface area contributed by atoms with E-state index in [1.54, 1.807) is 0 Å². The van der Waals surface area contributed by atoms with E-state index in [1.807, 2.05) is 31.4 Å². The summed E-state index contributed by atoms with van der Waals surface area (Å²) in [5, 5.41) is 1.93. The van der Waals surface area contributed by atoms with E-state index < -0.39 is 10.2 Å². The average molecular weight is 357 g/mol. The zero-order chi connectivity index (χ0) is 16.4. The summed E-state index contributed by atoms with van der Waals surface area (Å²) in [4.78, 5) is 5.22. The van der Waals surface area contributed by atoms with Gasteiger partial charge >= 0.3 is 0 Å². The lowest BCUT2D eigenvalue weighted by atomic mass is 10.3. The lowest BCUT2D eigenvalue weighted by Gasteiger charge is -2.34. The lowest BCUT2D eigenvalue weighted by Crippen LogP contribution is -2.51. The van der Waals surface area contributed by atoms with Gasteiger partial charge in [-0.25, -0.2) is 4.98 Å². The van der Waals surface area contributed by atoms with Crippen LogP contribution in [0.3, 0.4) is 0 Å². The van der Waals surface area contributed by atoms with Crippen molar-refractivity contribution in [3.05, 3.63) is 29.5 Å². The highest BCUT2D eigenvalue weighted by Gasteiger charge is 2.30. The SMILES string of the molecule is C[C@@H]1CN(S(=O)(=O)NCc2coc(-c3cccs3)n2)C[C@@H](C)O1. The van der Waals surface area contributed by atoms with Crippen LogP contribution in [0.5, 0.6) is 0 Å². The van der Waals surface area contributed by atoms with Crippen molar-refractivity contribution in [1.29, 1.82) is 0 Å². The van der Waals surface area contributed by atoms with Crippen LogP contribution in [-0.4, -0.2) is 43.0 Å². The number of hydrogen-bond donors (Lipinski definition) is 1. The largest absolute Gasteiger partial charge is 0.444 e. The third-order valence-electron chi connectivity index (χ3n) is 3.45. The van der Waals surface area contributed by atoms with E-state index in [0.717, 1.165) is 4.88 Å². The van der Waals surface area contributed by atoms with Crippen LogP contribution in [0, 0.1) is 0 Å². The average Bonchev–Trinajstić information content (AvgIpc) is 3.15. The number of ether oxygens (including phenoxy) is 1. The number of nitrogens with zero attached hydrogens (tertiary/aromatic N) is 2. The second-order valence-corrected chi connectivity index (χ2v) is 8.22. The van der Waals surface area contributed by atoms with Crippen LogP contribution in [0.2, 0.25) is 0 Å². The topological polar surface area (TPSA) is 84.7 Å². The molecule has 0 amide bonds. The molecule has 1 aliphatic heterocycles. The third kappa shape index (κ3) is 3.99. The molecule has 2 aromatic rings. The van der Waals surface area contributed by atoms with Crippen molar-refractivity contribution in [2.75, 3.05) is 13.1 Å². The van der Waals surface area contributed by atoms with Gasteiger partial charge in [-0.2, -0.15) is 17.4 Å². The van der Waals surface area contributed by atoms with Gasteiger partial charge in [-0.3, -0.25) is 0 Å². The molecule has 0 saturated carbocycles. The van der Waals surface area contributed by atoms with Crippen LogP contribution in [0.4, 0.5) is 0 Å². The Bertz CT molecular complexity index is 732. The second kappa shape index (κ2) is 6.70. The molecule has 0 unspecified atom stereocenters. The van der Waals surface area contributed by atoms with E-state index in [4.69, 9.17) is 9.15 Å². The second-order valence-electron chi connectivity index (χ2n) is 5.52. The Morgan fingerprint density at radius 2 is 2.13 bits per heavy atom. The van der Waals surface area contributed by atoms with E-state index in [-0.39, 0.29) is 18.8 Å². The molecule has 1 saturated heterocycles. The van der Waals surface area contributed by atoms with Gasteiger partial charge in [-0.05, 0) is 25.3 Å². The first-order chi connectivity index (χ1) is 10.9. The predicted octanol–water partition coefficient (Wildman–Crippen LogP) is 1.85. The van der Waals surface area contributed by atoms with E-state index >= 15 is 0 Å². The Morgan fingerprint density at radius 1 is 1.39 bits per heavy atom. The van der Waals surface area contributed by atoms with Gasteiger partial charge < -0.3 is 9.15 Å². The highest BCUT2D eigenvalue weighted by molar-refractivity contribution is 7.87. The smallest absolute Gasteiger partial charge is 0.279 e. The Labute approximate surface area is 139 Å². The minimum atomic E-state index is -3.57. The van der Waals surface area contributed by atoms with E-state index in [1.165, 1.54) is 21.9 Å². The van der Waals surface area contributed by atoms with Crippen molar-refractivity contribution in [3.8, 4) is 10.8 Å². The monoisotopic (exact) mass is 357 g/mol. The number of oxazole rings is 1. The zero-order valence-electron chi connectivity index (χ0n) is 12.9. The molecule has 7 nitrogen and oxygen atoms in total. The molecule has 0 bridgehead atoms. The number of nitrogens with one attached hydrogen (secondary N) is 1. The highest BCUT2D eigenvalue weighted by atomic mass is 32.2. The van der Waals surface area contributed by atoms with Gasteiger partial charge in [0.15, 0.2) is 0 Å². The van der Waals surface area contributed by atoms with Gasteiger partial charge in [0.05, 0.1) is 29.3 Å². The first kappa shape index (κ1) is 16.6. The molecule has 1 N–H and O–H groups in total. The Hall–Kier alpha value is -1.26. The number of aromatic nitrogens is 1. The van der Waals surface area contributed by atoms with Crippen LogP contribution >= 0.6 is 11.3 Å². The van der Waals surface area contributed by atoms with Crippen LogP contribution in [-0.2, 0) is 21.5 Å². The summed E-state index contributed by atoms with van der Waals surface area (Å²) >= 11 is 1.52. The van der Waals surface area contributed by atoms with Crippen molar-refractivity contribution >= 4 is 21.5 Å². The maximum atomic E-state index is 12.4. The molecule has 0 radical (unpaired) electrons. The highest BCUT2D eigenvalue weighted by Crippen LogP contribution is 2.23. The molecular formula is C14H19N3O4S2. The molecule has 0 aromatic carbocycles. The summed E-state index contributed by atoms with van der Waals surface area (Å²) in [6, 6.07) is 3.81. The van der Waals surface area contributed by atoms with E-state index in [9.17, 15) is 8.42 Å². The summed E-state index contributed by atoms with van der Waals surface area (Å²) in [6.45, 7) is 4.52. The summed E-state index contributed by atoms with van der Waals surface area (Å²) in [7, 11) is -3.57. The maximum absolute atomic E-state index is 12.4. The van der Waals surface area contributed by atoms with Crippen LogP contribution < -0.4 is 4.72 Å². The number of thiophene rings is 1. The van der Waals surface area contributed by atoms with E-state index in [2.05, 4.69) is 9.71 Å². The molecule has 23 heavy (non-hydrogen) atoms. The quantitative estimate of drug-likeness (QED) is 0.883. The van der Waals surface area contributed by atoms with E-state index in [0.29, 0.717) is 24.7 Å². The van der Waals surface area contributed by atoms with Crippen molar-refractivity contribution < 1.29 is 17.6 Å². The molecule has 1 fully saturated rings. The lowest BCUT2D eigenvalue weighted by molar-refractivity contribution is -0.0444. The Morgan fingerprint density at radius 3 is 2.78 bits per heavy atom. The fourth-order valence-electron chi connectivity index (χ4n) is 2.48. The van der Waals surface area contributed by atoms with Crippen molar-refractivity contribution in [2.45, 2.75) is 32.6 Å². The maximum Gasteiger partial charge on any atom is 0.279 e. The molecule has 9 heteroatoms. The fraction of sp³-hybridized carbons (Fsp3) is 0.500. The first-order valence-corrected chi connectivity index (χ1v) is 9.64. The van der Waals surface area contributed by atoms with Crippen molar-refractivity contribution in [3.63, 3.8) is 0 Å². The van der Waals surface area contributed by atoms with Gasteiger partial charge in [-0.15, -0.1) is 11.3 Å². The summed E-state index contributed by atoms with van der Waals surface area (Å²) in [5.41, 5.74) is 0.548. The first-order valence-electron chi connectivity index (χ1n) is 7.32. The summed E-state index contributed by atoms with van der Waals surface area (Å²) in [5.74, 6) is 0.503. The summed E-state index contributed by atoms with van der Waals surface area (Å²) in [6.07, 6.45) is 1.24. The number of hydrogen-bond acceptors (Lipinski definition) is 6. The van der Waals surface area contributed by atoms with Gasteiger partial charge in [0, 0.05) is 13.1 Å². The normalized spacial score (nSPS) is 23.2. The van der Waals surface area contributed by atoms with Gasteiger partial charge in [0.1, 0.15) is 6.26 Å². The number of rotatable bonds is 5. The number of morpholine rings is 1. The fourth-order valence-corrected chi connectivity index (χ4v) is 4.47. The molecule has 2 atom stereocenters. The Kier molecular flexibility index (Phi) is 4.83. The van der Waals surface area contributed by atoms with Crippen LogP contribution in [0.25, 0.3) is 10.8 Å². The molecule has 1 aliphatic rings. The van der Waals surface area contributed by atoms with Gasteiger partial charge in [-0.1, -0.05) is 6.07 Å². The molecule has 2 aromatic heterocycles. The van der Waals surface area contributed by atoms with Gasteiger partial charge in [0.25, 0.3) is 10.2 Å². The standard InChI is InChI=1S/C14H19N3O4S2/c1-10-7-17(8-11(2)21-10)23(18,19)15-6-12-9-20-14(16-12)13-4-3-5-22-13/h3-5,9-11,15H,6-8H2,1-2H3/t10-,11-/m1/s1. The zero-order valence-corrected chi connectivity index (χ0v) is 14.6. The Balaban J connectivity index is 1.63. The molecule has 0 aliphatic carbocycles. The molecule has 3 rings (SSSR count). The van der Waals surface area contributed by atoms with Crippen LogP contribution in [0.1, 0.15) is 19.5 Å². The minimum Gasteiger partial charge on any atom is -0.444 e. The molecule has 0 spiro atoms.